The molecular weight excluding hydrogens is 322 g/mol. The Bertz CT molecular complexity index is 475. The molecular formula is C14H20BrN3O2. The van der Waals surface area contributed by atoms with Gasteiger partial charge in [-0.05, 0) is 38.1 Å². The fraction of sp³-hybridized carbons (Fsp3) is 0.571. The number of likely N-dealkylation sites (tertiary alicyclic amines) is 1. The Kier molecular flexibility index (Phi) is 5.37. The Morgan fingerprint density at radius 1 is 1.40 bits per heavy atom. The van der Waals surface area contributed by atoms with Crippen LogP contribution in [-0.2, 0) is 5.33 Å². The van der Waals surface area contributed by atoms with E-state index in [-0.39, 0.29) is 10.6 Å². The maximum atomic E-state index is 10.9. The molecule has 0 N–H and O–H groups in total. The molecule has 0 radical (unpaired) electrons. The van der Waals surface area contributed by atoms with Crippen LogP contribution in [0.25, 0.3) is 0 Å². The third kappa shape index (κ3) is 3.70. The Balaban J connectivity index is 2.01. The van der Waals surface area contributed by atoms with Crippen LogP contribution in [0, 0.1) is 10.1 Å². The molecule has 0 aromatic heterocycles. The molecule has 1 heterocycles. The van der Waals surface area contributed by atoms with Crippen LogP contribution in [0.4, 0.5) is 11.4 Å². The molecule has 1 aromatic rings. The van der Waals surface area contributed by atoms with Gasteiger partial charge in [-0.15, -0.1) is 0 Å². The van der Waals surface area contributed by atoms with Crippen LogP contribution in [0.15, 0.2) is 18.2 Å². The molecule has 6 heteroatoms. The number of halogens is 1. The number of rotatable bonds is 6. The van der Waals surface area contributed by atoms with Crippen molar-refractivity contribution in [3.63, 3.8) is 0 Å². The van der Waals surface area contributed by atoms with Crippen molar-refractivity contribution < 1.29 is 4.92 Å². The van der Waals surface area contributed by atoms with E-state index in [1.807, 2.05) is 19.2 Å². The third-order valence-corrected chi connectivity index (χ3v) is 4.40. The van der Waals surface area contributed by atoms with E-state index in [1.165, 1.54) is 25.9 Å². The summed E-state index contributed by atoms with van der Waals surface area (Å²) < 4.78 is 0. The fourth-order valence-electron chi connectivity index (χ4n) is 2.52. The smallest absolute Gasteiger partial charge is 0.273 e. The molecule has 0 amide bonds. The summed E-state index contributed by atoms with van der Waals surface area (Å²) in [6.45, 7) is 4.39. The fourth-order valence-corrected chi connectivity index (χ4v) is 2.97. The van der Waals surface area contributed by atoms with Gasteiger partial charge in [0, 0.05) is 42.8 Å². The lowest BCUT2D eigenvalue weighted by atomic mass is 10.1. The minimum absolute atomic E-state index is 0.179. The minimum atomic E-state index is -0.329. The van der Waals surface area contributed by atoms with Crippen LogP contribution in [0.1, 0.15) is 18.4 Å². The maximum absolute atomic E-state index is 10.9. The summed E-state index contributed by atoms with van der Waals surface area (Å²) in [4.78, 5) is 15.2. The quantitative estimate of drug-likeness (QED) is 0.453. The van der Waals surface area contributed by atoms with Crippen LogP contribution in [0.3, 0.4) is 0 Å². The molecule has 1 saturated heterocycles. The monoisotopic (exact) mass is 341 g/mol. The van der Waals surface area contributed by atoms with Crippen molar-refractivity contribution in [2.75, 3.05) is 38.1 Å². The summed E-state index contributed by atoms with van der Waals surface area (Å²) in [5.41, 5.74) is 1.93. The van der Waals surface area contributed by atoms with Crippen LogP contribution < -0.4 is 4.90 Å². The molecule has 110 valence electrons. The predicted octanol–water partition coefficient (Wildman–Crippen LogP) is 3.02. The van der Waals surface area contributed by atoms with E-state index < -0.39 is 0 Å². The molecule has 1 fully saturated rings. The molecule has 1 aliphatic heterocycles. The van der Waals surface area contributed by atoms with Crippen molar-refractivity contribution in [1.29, 1.82) is 0 Å². The lowest BCUT2D eigenvalue weighted by Crippen LogP contribution is -2.31. The zero-order valence-corrected chi connectivity index (χ0v) is 13.3. The van der Waals surface area contributed by atoms with Gasteiger partial charge in [0.1, 0.15) is 0 Å². The Hall–Kier alpha value is -1.14. The number of likely N-dealkylation sites (N-methyl/N-ethyl adjacent to an activating group) is 1. The van der Waals surface area contributed by atoms with E-state index in [2.05, 4.69) is 25.7 Å². The van der Waals surface area contributed by atoms with Crippen LogP contribution in [0.5, 0.6) is 0 Å². The zero-order valence-electron chi connectivity index (χ0n) is 11.7. The van der Waals surface area contributed by atoms with E-state index >= 15 is 0 Å². The molecule has 1 aromatic carbocycles. The summed E-state index contributed by atoms with van der Waals surface area (Å²) in [7, 11) is 2.04. The molecule has 0 atom stereocenters. The normalized spacial score (nSPS) is 15.5. The van der Waals surface area contributed by atoms with Crippen molar-refractivity contribution in [3.05, 3.63) is 33.9 Å². The summed E-state index contributed by atoms with van der Waals surface area (Å²) in [5.74, 6) is 0. The molecule has 5 nitrogen and oxygen atoms in total. The SMILES string of the molecule is CN(CCN1CCCC1)c1ccc([N+](=O)[O-])c(CBr)c1. The standard InChI is InChI=1S/C14H20BrN3O2/c1-16(8-9-17-6-2-3-7-17)13-4-5-14(18(19)20)12(10-13)11-15/h4-5,10H,2-3,6-9,11H2,1H3. The predicted molar refractivity (Wildman–Crippen MR) is 84.7 cm³/mol. The van der Waals surface area contributed by atoms with E-state index in [0.29, 0.717) is 5.33 Å². The van der Waals surface area contributed by atoms with Gasteiger partial charge in [-0.3, -0.25) is 10.1 Å². The number of benzene rings is 1. The molecule has 0 spiro atoms. The number of hydrogen-bond donors (Lipinski definition) is 0. The summed E-state index contributed by atoms with van der Waals surface area (Å²) in [6, 6.07) is 5.32. The van der Waals surface area contributed by atoms with Crippen molar-refractivity contribution >= 4 is 27.3 Å². The second-order valence-corrected chi connectivity index (χ2v) is 5.73. The van der Waals surface area contributed by atoms with Gasteiger partial charge in [0.05, 0.1) is 4.92 Å². The molecule has 0 bridgehead atoms. The highest BCUT2D eigenvalue weighted by Crippen LogP contribution is 2.26. The van der Waals surface area contributed by atoms with Gasteiger partial charge >= 0.3 is 0 Å². The number of nitro groups is 1. The van der Waals surface area contributed by atoms with Gasteiger partial charge < -0.3 is 9.80 Å². The summed E-state index contributed by atoms with van der Waals surface area (Å²) >= 11 is 3.32. The number of alkyl halides is 1. The van der Waals surface area contributed by atoms with Gasteiger partial charge in [-0.25, -0.2) is 0 Å². The van der Waals surface area contributed by atoms with Gasteiger partial charge in [0.2, 0.25) is 0 Å². The van der Waals surface area contributed by atoms with Crippen molar-refractivity contribution in [2.24, 2.45) is 0 Å². The second-order valence-electron chi connectivity index (χ2n) is 5.17. The first-order valence-electron chi connectivity index (χ1n) is 6.88. The molecule has 0 unspecified atom stereocenters. The van der Waals surface area contributed by atoms with Crippen LogP contribution >= 0.6 is 15.9 Å². The molecule has 1 aliphatic rings. The van der Waals surface area contributed by atoms with Gasteiger partial charge in [0.25, 0.3) is 5.69 Å². The highest BCUT2D eigenvalue weighted by Gasteiger charge is 2.15. The van der Waals surface area contributed by atoms with Crippen molar-refractivity contribution in [1.82, 2.24) is 4.90 Å². The highest BCUT2D eigenvalue weighted by molar-refractivity contribution is 9.08. The maximum Gasteiger partial charge on any atom is 0.273 e. The Labute approximate surface area is 127 Å². The van der Waals surface area contributed by atoms with E-state index in [0.717, 1.165) is 24.3 Å². The average molecular weight is 342 g/mol. The molecule has 0 aliphatic carbocycles. The van der Waals surface area contributed by atoms with Crippen LogP contribution in [-0.4, -0.2) is 43.0 Å². The average Bonchev–Trinajstić information content (AvgIpc) is 2.97. The number of hydrogen-bond acceptors (Lipinski definition) is 4. The largest absolute Gasteiger partial charge is 0.373 e. The number of anilines is 1. The van der Waals surface area contributed by atoms with E-state index in [9.17, 15) is 10.1 Å². The first-order valence-corrected chi connectivity index (χ1v) is 8.00. The Morgan fingerprint density at radius 2 is 2.10 bits per heavy atom. The number of nitro benzene ring substituents is 1. The van der Waals surface area contributed by atoms with Crippen LogP contribution in [0.2, 0.25) is 0 Å². The van der Waals surface area contributed by atoms with Crippen molar-refractivity contribution in [2.45, 2.75) is 18.2 Å². The van der Waals surface area contributed by atoms with E-state index in [1.54, 1.807) is 6.07 Å². The number of nitrogens with zero attached hydrogens (tertiary/aromatic N) is 3. The minimum Gasteiger partial charge on any atom is -0.373 e. The third-order valence-electron chi connectivity index (χ3n) is 3.79. The van der Waals surface area contributed by atoms with E-state index in [4.69, 9.17) is 0 Å². The zero-order chi connectivity index (χ0) is 14.5. The summed E-state index contributed by atoms with van der Waals surface area (Å²) in [5, 5.41) is 11.4. The van der Waals surface area contributed by atoms with Gasteiger partial charge in [-0.2, -0.15) is 0 Å². The van der Waals surface area contributed by atoms with Crippen molar-refractivity contribution in [3.8, 4) is 0 Å². The lowest BCUT2D eigenvalue weighted by molar-refractivity contribution is -0.385. The lowest BCUT2D eigenvalue weighted by Gasteiger charge is -2.23. The first-order chi connectivity index (χ1) is 9.61. The first kappa shape index (κ1) is 15.3. The molecule has 20 heavy (non-hydrogen) atoms. The second kappa shape index (κ2) is 7.04. The molecule has 2 rings (SSSR count). The van der Waals surface area contributed by atoms with Gasteiger partial charge in [-0.1, -0.05) is 15.9 Å². The highest BCUT2D eigenvalue weighted by atomic mass is 79.9. The summed E-state index contributed by atoms with van der Waals surface area (Å²) in [6.07, 6.45) is 2.60. The van der Waals surface area contributed by atoms with Gasteiger partial charge in [0.15, 0.2) is 0 Å². The molecule has 0 saturated carbocycles. The topological polar surface area (TPSA) is 49.6 Å². The Morgan fingerprint density at radius 3 is 2.70 bits per heavy atom.